The quantitative estimate of drug-likeness (QED) is 0.565. The van der Waals surface area contributed by atoms with Gasteiger partial charge in [-0.25, -0.2) is 0 Å². The second kappa shape index (κ2) is 3.17. The number of fused-ring (bicyclic) bond motifs is 1. The average molecular weight is 174 g/mol. The first-order valence-electron chi connectivity index (χ1n) is 5.26. The normalized spacial score (nSPS) is 21.3. The summed E-state index contributed by atoms with van der Waals surface area (Å²) in [4.78, 5) is 0. The highest BCUT2D eigenvalue weighted by molar-refractivity contribution is 5.39. The average Bonchev–Trinajstić information content (AvgIpc) is 2.02. The molecule has 0 radical (unpaired) electrons. The third-order valence-corrected chi connectivity index (χ3v) is 3.17. The molecule has 0 N–H and O–H groups in total. The van der Waals surface area contributed by atoms with Crippen molar-refractivity contribution in [2.45, 2.75) is 40.0 Å². The molecule has 0 spiro atoms. The fourth-order valence-electron chi connectivity index (χ4n) is 2.49. The van der Waals surface area contributed by atoms with E-state index in [0.717, 1.165) is 5.92 Å². The number of aryl methyl sites for hydroxylation is 2. The molecule has 0 fully saturated rings. The monoisotopic (exact) mass is 174 g/mol. The van der Waals surface area contributed by atoms with E-state index in [1.54, 1.807) is 11.1 Å². The van der Waals surface area contributed by atoms with Gasteiger partial charge < -0.3 is 0 Å². The maximum absolute atomic E-state index is 2.37. The van der Waals surface area contributed by atoms with Gasteiger partial charge in [0.1, 0.15) is 0 Å². The summed E-state index contributed by atoms with van der Waals surface area (Å²) in [6, 6.07) is 4.69. The summed E-state index contributed by atoms with van der Waals surface area (Å²) in [5.41, 5.74) is 6.16. The van der Waals surface area contributed by atoms with E-state index >= 15 is 0 Å². The summed E-state index contributed by atoms with van der Waals surface area (Å²) in [6.45, 7) is 6.81. The van der Waals surface area contributed by atoms with Gasteiger partial charge in [-0.05, 0) is 55.7 Å². The molecule has 1 aromatic rings. The Morgan fingerprint density at radius 2 is 2.00 bits per heavy atom. The summed E-state index contributed by atoms with van der Waals surface area (Å²) >= 11 is 0. The van der Waals surface area contributed by atoms with Gasteiger partial charge in [-0.3, -0.25) is 0 Å². The Kier molecular flexibility index (Phi) is 2.15. The molecule has 1 aliphatic rings. The minimum atomic E-state index is 0.883. The van der Waals surface area contributed by atoms with Gasteiger partial charge in [0.15, 0.2) is 0 Å². The molecule has 1 aromatic carbocycles. The number of rotatable bonds is 0. The standard InChI is InChI=1S/C13H18/c1-9-4-5-13-11(3)6-10(2)8-12(13)7-9/h6,8-9H,4-5,7H2,1-3H3. The van der Waals surface area contributed by atoms with Gasteiger partial charge >= 0.3 is 0 Å². The Hall–Kier alpha value is -0.780. The molecule has 0 nitrogen and oxygen atoms in total. The van der Waals surface area contributed by atoms with Gasteiger partial charge in [-0.15, -0.1) is 0 Å². The van der Waals surface area contributed by atoms with Gasteiger partial charge in [0.2, 0.25) is 0 Å². The minimum absolute atomic E-state index is 0.883. The highest BCUT2D eigenvalue weighted by atomic mass is 14.2. The number of hydrogen-bond acceptors (Lipinski definition) is 0. The van der Waals surface area contributed by atoms with Crippen LogP contribution in [0.1, 0.15) is 35.6 Å². The predicted molar refractivity (Wildman–Crippen MR) is 57.1 cm³/mol. The van der Waals surface area contributed by atoms with Crippen molar-refractivity contribution in [3.05, 3.63) is 34.4 Å². The van der Waals surface area contributed by atoms with E-state index in [-0.39, 0.29) is 0 Å². The topological polar surface area (TPSA) is 0 Å². The first-order valence-corrected chi connectivity index (χ1v) is 5.26. The molecule has 70 valence electrons. The molecule has 1 unspecified atom stereocenters. The number of benzene rings is 1. The van der Waals surface area contributed by atoms with Crippen molar-refractivity contribution in [1.29, 1.82) is 0 Å². The maximum Gasteiger partial charge on any atom is -0.0250 e. The minimum Gasteiger partial charge on any atom is -0.0622 e. The lowest BCUT2D eigenvalue weighted by atomic mass is 9.82. The van der Waals surface area contributed by atoms with Crippen LogP contribution in [0.5, 0.6) is 0 Å². The molecule has 0 saturated heterocycles. The Bertz CT molecular complexity index is 323. The predicted octanol–water partition coefficient (Wildman–Crippen LogP) is 3.43. The Labute approximate surface area is 81.0 Å². The van der Waals surface area contributed by atoms with E-state index in [9.17, 15) is 0 Å². The van der Waals surface area contributed by atoms with Gasteiger partial charge in [0.25, 0.3) is 0 Å². The third-order valence-electron chi connectivity index (χ3n) is 3.17. The molecular formula is C13H18. The molecule has 0 heteroatoms. The van der Waals surface area contributed by atoms with Gasteiger partial charge in [0.05, 0.1) is 0 Å². The van der Waals surface area contributed by atoms with Crippen molar-refractivity contribution >= 4 is 0 Å². The Morgan fingerprint density at radius 3 is 2.77 bits per heavy atom. The zero-order chi connectivity index (χ0) is 9.42. The number of hydrogen-bond donors (Lipinski definition) is 0. The van der Waals surface area contributed by atoms with Crippen LogP contribution in [-0.2, 0) is 12.8 Å². The zero-order valence-corrected chi connectivity index (χ0v) is 8.85. The van der Waals surface area contributed by atoms with Crippen LogP contribution in [0.2, 0.25) is 0 Å². The molecule has 13 heavy (non-hydrogen) atoms. The van der Waals surface area contributed by atoms with E-state index in [1.807, 2.05) is 0 Å². The molecule has 2 rings (SSSR count). The fraction of sp³-hybridized carbons (Fsp3) is 0.538. The van der Waals surface area contributed by atoms with Crippen LogP contribution in [0.4, 0.5) is 0 Å². The first kappa shape index (κ1) is 8.80. The second-order valence-corrected chi connectivity index (χ2v) is 4.57. The van der Waals surface area contributed by atoms with Crippen molar-refractivity contribution in [3.8, 4) is 0 Å². The molecule has 0 bridgehead atoms. The van der Waals surface area contributed by atoms with E-state index < -0.39 is 0 Å². The molecular weight excluding hydrogens is 156 g/mol. The van der Waals surface area contributed by atoms with Crippen molar-refractivity contribution in [2.24, 2.45) is 5.92 Å². The second-order valence-electron chi connectivity index (χ2n) is 4.57. The molecule has 1 atom stereocenters. The van der Waals surface area contributed by atoms with Gasteiger partial charge in [0, 0.05) is 0 Å². The first-order chi connectivity index (χ1) is 6.16. The molecule has 0 aromatic heterocycles. The zero-order valence-electron chi connectivity index (χ0n) is 8.85. The smallest absolute Gasteiger partial charge is 0.0250 e. The largest absolute Gasteiger partial charge is 0.0622 e. The summed E-state index contributed by atoms with van der Waals surface area (Å²) in [5, 5.41) is 0. The van der Waals surface area contributed by atoms with Gasteiger partial charge in [-0.1, -0.05) is 24.6 Å². The van der Waals surface area contributed by atoms with E-state index in [2.05, 4.69) is 32.9 Å². The highest BCUT2D eigenvalue weighted by Gasteiger charge is 2.16. The lowest BCUT2D eigenvalue weighted by Crippen LogP contribution is -2.12. The highest BCUT2D eigenvalue weighted by Crippen LogP contribution is 2.28. The van der Waals surface area contributed by atoms with Gasteiger partial charge in [-0.2, -0.15) is 0 Å². The summed E-state index contributed by atoms with van der Waals surface area (Å²) in [7, 11) is 0. The Balaban J connectivity index is 2.47. The van der Waals surface area contributed by atoms with Crippen LogP contribution in [-0.4, -0.2) is 0 Å². The SMILES string of the molecule is Cc1cc(C)c2c(c1)CC(C)CC2. The van der Waals surface area contributed by atoms with Crippen molar-refractivity contribution in [2.75, 3.05) is 0 Å². The summed E-state index contributed by atoms with van der Waals surface area (Å²) in [6.07, 6.45) is 3.96. The van der Waals surface area contributed by atoms with Crippen LogP contribution < -0.4 is 0 Å². The van der Waals surface area contributed by atoms with Crippen LogP contribution >= 0.6 is 0 Å². The van der Waals surface area contributed by atoms with E-state index in [4.69, 9.17) is 0 Å². The molecule has 1 aliphatic carbocycles. The lowest BCUT2D eigenvalue weighted by molar-refractivity contribution is 0.499. The molecule has 0 amide bonds. The van der Waals surface area contributed by atoms with E-state index in [1.165, 1.54) is 30.4 Å². The van der Waals surface area contributed by atoms with E-state index in [0.29, 0.717) is 0 Å². The van der Waals surface area contributed by atoms with Crippen LogP contribution in [0.15, 0.2) is 12.1 Å². The van der Waals surface area contributed by atoms with Crippen molar-refractivity contribution in [1.82, 2.24) is 0 Å². The summed E-state index contributed by atoms with van der Waals surface area (Å²) < 4.78 is 0. The molecule has 0 heterocycles. The van der Waals surface area contributed by atoms with Crippen LogP contribution in [0, 0.1) is 19.8 Å². The molecule has 0 aliphatic heterocycles. The Morgan fingerprint density at radius 1 is 1.23 bits per heavy atom. The maximum atomic E-state index is 2.37. The van der Waals surface area contributed by atoms with Crippen LogP contribution in [0.3, 0.4) is 0 Å². The van der Waals surface area contributed by atoms with Crippen LogP contribution in [0.25, 0.3) is 0 Å². The molecule has 0 saturated carbocycles. The fourth-order valence-corrected chi connectivity index (χ4v) is 2.49. The lowest BCUT2D eigenvalue weighted by Gasteiger charge is -2.23. The summed E-state index contributed by atoms with van der Waals surface area (Å²) in [5.74, 6) is 0.883. The van der Waals surface area contributed by atoms with Crippen molar-refractivity contribution < 1.29 is 0 Å². The van der Waals surface area contributed by atoms with Crippen molar-refractivity contribution in [3.63, 3.8) is 0 Å². The third kappa shape index (κ3) is 1.63.